The van der Waals surface area contributed by atoms with Gasteiger partial charge in [0.15, 0.2) is 0 Å². The zero-order chi connectivity index (χ0) is 18.5. The maximum Gasteiger partial charge on any atom is 0.330 e. The molecular weight excluding hydrogens is 351 g/mol. The Morgan fingerprint density at radius 2 is 1.39 bits per heavy atom. The van der Waals surface area contributed by atoms with Gasteiger partial charge in [0.1, 0.15) is 6.04 Å². The molecule has 0 saturated heterocycles. The van der Waals surface area contributed by atoms with Crippen molar-refractivity contribution in [1.29, 1.82) is 0 Å². The van der Waals surface area contributed by atoms with E-state index in [4.69, 9.17) is 21.1 Å². The number of carboxylic acid groups (broad SMARTS) is 2. The molecule has 1 amide bonds. The van der Waals surface area contributed by atoms with E-state index in [9.17, 15) is 14.4 Å². The van der Waals surface area contributed by atoms with Gasteiger partial charge >= 0.3 is 11.9 Å². The van der Waals surface area contributed by atoms with Crippen LogP contribution in [0.2, 0.25) is 0 Å². The number of rotatable bonds is 5. The molecule has 0 aliphatic heterocycles. The summed E-state index contributed by atoms with van der Waals surface area (Å²) in [4.78, 5) is 29.9. The van der Waals surface area contributed by atoms with Gasteiger partial charge in [0.25, 0.3) is 0 Å². The Bertz CT molecular complexity index is 396. The quantitative estimate of drug-likeness (QED) is 0.427. The average molecular weight is 377 g/mol. The van der Waals surface area contributed by atoms with Crippen molar-refractivity contribution >= 4 is 17.8 Å². The third-order valence-electron chi connectivity index (χ3n) is 1.70. The van der Waals surface area contributed by atoms with Crippen LogP contribution in [0.15, 0.2) is 24.3 Å². The van der Waals surface area contributed by atoms with Gasteiger partial charge in [0.2, 0.25) is 5.91 Å². The molecule has 0 aliphatic rings. The van der Waals surface area contributed by atoms with Crippen LogP contribution in [-0.2, 0) is 31.2 Å². The van der Waals surface area contributed by atoms with Gasteiger partial charge in [-0.05, 0) is 27.7 Å². The number of nitrogens with one attached hydrogen (secondary N) is 1. The van der Waals surface area contributed by atoms with Crippen molar-refractivity contribution in [1.82, 2.24) is 5.32 Å². The molecule has 23 heavy (non-hydrogen) atoms. The van der Waals surface area contributed by atoms with Crippen molar-refractivity contribution < 1.29 is 46.5 Å². The fraction of sp³-hybridized carbons (Fsp3) is 0.500. The molecule has 2 unspecified atom stereocenters. The molecule has 0 aromatic rings. The number of carbonyl (C=O) groups excluding carboxylic acids is 1. The molecule has 6 N–H and O–H groups in total. The molecule has 137 valence electrons. The van der Waals surface area contributed by atoms with E-state index in [-0.39, 0.29) is 34.8 Å². The van der Waals surface area contributed by atoms with E-state index in [0.29, 0.717) is 5.57 Å². The van der Waals surface area contributed by atoms with Crippen molar-refractivity contribution in [2.24, 2.45) is 5.73 Å². The summed E-state index contributed by atoms with van der Waals surface area (Å²) >= 11 is 0. The Hall–Kier alpha value is -1.68. The molecule has 0 fully saturated rings. The molecule has 8 nitrogen and oxygen atoms in total. The first-order chi connectivity index (χ1) is 9.82. The number of carbonyl (C=O) groups is 3. The van der Waals surface area contributed by atoms with E-state index in [1.807, 2.05) is 0 Å². The van der Waals surface area contributed by atoms with Crippen LogP contribution in [0, 0.1) is 0 Å². The number of nitrogens with two attached hydrogens (primary N) is 1. The standard InChI is InChI=1S/C7H13NO2.C4H6O2.C3H7NO2.Co/c1-5(2)7(10)8-4-6(3)9;1-3(2)4(5)6;1-2(4)3(5)6;/h6,9H,1,4H2,2-3H3,(H,8,10);1H2,2H3,(H,5,6);2H,4H2,1H3,(H,5,6);. The maximum absolute atomic E-state index is 10.7. The van der Waals surface area contributed by atoms with Crippen molar-refractivity contribution in [3.63, 3.8) is 0 Å². The van der Waals surface area contributed by atoms with Crippen molar-refractivity contribution in [2.45, 2.75) is 39.8 Å². The molecular formula is C14H26CoN2O6. The third kappa shape index (κ3) is 29.1. The summed E-state index contributed by atoms with van der Waals surface area (Å²) in [6.07, 6.45) is -0.497. The largest absolute Gasteiger partial charge is 0.480 e. The molecule has 0 aromatic carbocycles. The summed E-state index contributed by atoms with van der Waals surface area (Å²) in [6.45, 7) is 13.0. The monoisotopic (exact) mass is 377 g/mol. The minimum atomic E-state index is -0.963. The molecule has 2 atom stereocenters. The van der Waals surface area contributed by atoms with Gasteiger partial charge in [0.05, 0.1) is 6.10 Å². The van der Waals surface area contributed by atoms with Crippen LogP contribution in [0.1, 0.15) is 27.7 Å². The molecule has 0 bridgehead atoms. The van der Waals surface area contributed by atoms with Crippen LogP contribution in [0.5, 0.6) is 0 Å². The van der Waals surface area contributed by atoms with Gasteiger partial charge in [0, 0.05) is 34.5 Å². The van der Waals surface area contributed by atoms with Gasteiger partial charge < -0.3 is 26.4 Å². The normalized spacial score (nSPS) is 10.9. The first-order valence-corrected chi connectivity index (χ1v) is 6.31. The van der Waals surface area contributed by atoms with Gasteiger partial charge in [-0.15, -0.1) is 0 Å². The zero-order valence-electron chi connectivity index (χ0n) is 13.8. The fourth-order valence-electron chi connectivity index (χ4n) is 0.391. The Balaban J connectivity index is -0.000000122. The average Bonchev–Trinajstić information content (AvgIpc) is 2.36. The summed E-state index contributed by atoms with van der Waals surface area (Å²) in [7, 11) is 0. The van der Waals surface area contributed by atoms with Crippen molar-refractivity contribution in [3.05, 3.63) is 24.3 Å². The molecule has 0 aromatic heterocycles. The summed E-state index contributed by atoms with van der Waals surface area (Å²) in [5.41, 5.74) is 5.47. The molecule has 0 spiro atoms. The molecule has 9 heteroatoms. The second-order valence-electron chi connectivity index (χ2n) is 4.55. The topological polar surface area (TPSA) is 150 Å². The van der Waals surface area contributed by atoms with Gasteiger partial charge in [-0.3, -0.25) is 9.59 Å². The van der Waals surface area contributed by atoms with Gasteiger partial charge in [-0.25, -0.2) is 4.79 Å². The van der Waals surface area contributed by atoms with Gasteiger partial charge in [-0.1, -0.05) is 13.2 Å². The van der Waals surface area contributed by atoms with Crippen molar-refractivity contribution in [3.8, 4) is 0 Å². The van der Waals surface area contributed by atoms with Crippen LogP contribution in [0.4, 0.5) is 0 Å². The van der Waals surface area contributed by atoms with Crippen LogP contribution >= 0.6 is 0 Å². The predicted octanol–water partition coefficient (Wildman–Crippen LogP) is 0.122. The Morgan fingerprint density at radius 1 is 1.09 bits per heavy atom. The Labute approximate surface area is 146 Å². The minimum absolute atomic E-state index is 0. The third-order valence-corrected chi connectivity index (χ3v) is 1.70. The van der Waals surface area contributed by atoms with Crippen LogP contribution in [-0.4, -0.2) is 51.9 Å². The second kappa shape index (κ2) is 16.7. The predicted molar refractivity (Wildman–Crippen MR) is 83.2 cm³/mol. The van der Waals surface area contributed by atoms with Crippen LogP contribution in [0.3, 0.4) is 0 Å². The number of aliphatic hydroxyl groups is 1. The van der Waals surface area contributed by atoms with E-state index < -0.39 is 24.1 Å². The molecule has 0 heterocycles. The summed E-state index contributed by atoms with van der Waals surface area (Å²) in [5, 5.41) is 27.0. The smallest absolute Gasteiger partial charge is 0.330 e. The number of carboxylic acids is 2. The zero-order valence-corrected chi connectivity index (χ0v) is 14.8. The summed E-state index contributed by atoms with van der Waals surface area (Å²) in [5.74, 6) is -2.11. The van der Waals surface area contributed by atoms with E-state index in [1.165, 1.54) is 13.8 Å². The Morgan fingerprint density at radius 3 is 1.52 bits per heavy atom. The van der Waals surface area contributed by atoms with Gasteiger partial charge in [-0.2, -0.15) is 0 Å². The summed E-state index contributed by atoms with van der Waals surface area (Å²) in [6, 6.07) is -0.731. The van der Waals surface area contributed by atoms with Crippen LogP contribution in [0.25, 0.3) is 0 Å². The first-order valence-electron chi connectivity index (χ1n) is 6.31. The second-order valence-corrected chi connectivity index (χ2v) is 4.55. The van der Waals surface area contributed by atoms with E-state index in [2.05, 4.69) is 18.5 Å². The van der Waals surface area contributed by atoms with E-state index in [0.717, 1.165) is 0 Å². The minimum Gasteiger partial charge on any atom is -0.480 e. The fourth-order valence-corrected chi connectivity index (χ4v) is 0.391. The van der Waals surface area contributed by atoms with Crippen molar-refractivity contribution in [2.75, 3.05) is 6.54 Å². The molecule has 0 aliphatic carbocycles. The summed E-state index contributed by atoms with van der Waals surface area (Å²) < 4.78 is 0. The number of hydrogen-bond donors (Lipinski definition) is 5. The number of aliphatic hydroxyl groups excluding tert-OH is 1. The van der Waals surface area contributed by atoms with Crippen LogP contribution < -0.4 is 11.1 Å². The number of amides is 1. The SMILES string of the molecule is C=C(C)C(=O)NCC(C)O.C=C(C)C(=O)O.CC(N)C(=O)O.[Co]. The maximum atomic E-state index is 10.7. The van der Waals surface area contributed by atoms with E-state index >= 15 is 0 Å². The molecule has 1 radical (unpaired) electrons. The molecule has 0 saturated carbocycles. The molecule has 0 rings (SSSR count). The number of hydrogen-bond acceptors (Lipinski definition) is 5. The van der Waals surface area contributed by atoms with E-state index in [1.54, 1.807) is 13.8 Å². The number of aliphatic carboxylic acids is 2. The Kier molecular flexibility index (Phi) is 21.3. The first kappa shape index (κ1) is 29.3.